The Bertz CT molecular complexity index is 447. The molecule has 0 aliphatic heterocycles. The first kappa shape index (κ1) is 39.7. The van der Waals surface area contributed by atoms with Gasteiger partial charge in [-0.25, -0.2) is 0 Å². The van der Waals surface area contributed by atoms with Crippen LogP contribution in [0, 0.1) is 0 Å². The number of allylic oxidation sites excluding steroid dienone is 2. The first-order valence-electron chi connectivity index (χ1n) is 18.7. The summed E-state index contributed by atoms with van der Waals surface area (Å²) in [6.45, 7) is 7.94. The monoisotopic (exact) mass is 565 g/mol. The van der Waals surface area contributed by atoms with Gasteiger partial charge in [-0.05, 0) is 38.5 Å². The minimum absolute atomic E-state index is 0.768. The van der Waals surface area contributed by atoms with Crippen molar-refractivity contribution in [2.45, 2.75) is 206 Å². The number of rotatable bonds is 36. The van der Waals surface area contributed by atoms with E-state index in [1.807, 2.05) is 0 Å². The fraction of sp³-hybridized carbons (Fsp3) is 0.947. The Morgan fingerprint density at radius 2 is 0.525 bits per heavy atom. The lowest BCUT2D eigenvalue weighted by Crippen LogP contribution is -2.06. The minimum atomic E-state index is 0.768. The van der Waals surface area contributed by atoms with Gasteiger partial charge in [0.2, 0.25) is 0 Å². The van der Waals surface area contributed by atoms with E-state index in [1.165, 1.54) is 193 Å². The van der Waals surface area contributed by atoms with Gasteiger partial charge in [-0.3, -0.25) is 0 Å². The second kappa shape index (κ2) is 38.7. The summed E-state index contributed by atoms with van der Waals surface area (Å²) < 4.78 is 11.5. The van der Waals surface area contributed by atoms with Crippen LogP contribution < -0.4 is 0 Å². The first-order chi connectivity index (χ1) is 19.9. The molecule has 240 valence electrons. The van der Waals surface area contributed by atoms with E-state index < -0.39 is 0 Å². The Morgan fingerprint density at radius 3 is 0.825 bits per heavy atom. The van der Waals surface area contributed by atoms with Gasteiger partial charge in [0.25, 0.3) is 0 Å². The normalized spacial score (nSPS) is 11.8. The predicted molar refractivity (Wildman–Crippen MR) is 181 cm³/mol. The summed E-state index contributed by atoms with van der Waals surface area (Å²) in [5.74, 6) is 0. The summed E-state index contributed by atoms with van der Waals surface area (Å²) in [7, 11) is 0. The third-order valence-electron chi connectivity index (χ3n) is 8.31. The highest BCUT2D eigenvalue weighted by Gasteiger charge is 1.96. The van der Waals surface area contributed by atoms with Gasteiger partial charge < -0.3 is 9.47 Å². The Kier molecular flexibility index (Phi) is 38.3. The van der Waals surface area contributed by atoms with E-state index in [0.29, 0.717) is 0 Å². The highest BCUT2D eigenvalue weighted by atomic mass is 16.5. The van der Waals surface area contributed by atoms with Crippen LogP contribution in [0.4, 0.5) is 0 Å². The molecule has 2 heteroatoms. The zero-order chi connectivity index (χ0) is 28.9. The number of hydrogen-bond acceptors (Lipinski definition) is 2. The Labute approximate surface area is 254 Å². The summed E-state index contributed by atoms with van der Waals surface area (Å²) in [4.78, 5) is 0. The molecule has 0 aliphatic rings. The highest BCUT2D eigenvalue weighted by Crippen LogP contribution is 2.14. The van der Waals surface area contributed by atoms with Crippen molar-refractivity contribution in [2.24, 2.45) is 0 Å². The van der Waals surface area contributed by atoms with Crippen LogP contribution in [0.1, 0.15) is 206 Å². The molecule has 0 aromatic carbocycles. The molecule has 0 unspecified atom stereocenters. The van der Waals surface area contributed by atoms with Crippen molar-refractivity contribution in [1.82, 2.24) is 0 Å². The van der Waals surface area contributed by atoms with E-state index in [2.05, 4.69) is 26.0 Å². The minimum Gasteiger partial charge on any atom is -0.379 e. The fourth-order valence-corrected chi connectivity index (χ4v) is 5.53. The van der Waals surface area contributed by atoms with E-state index >= 15 is 0 Å². The maximum absolute atomic E-state index is 5.76. The third kappa shape index (κ3) is 37.7. The molecule has 0 aromatic heterocycles. The van der Waals surface area contributed by atoms with Crippen molar-refractivity contribution in [1.29, 1.82) is 0 Å². The van der Waals surface area contributed by atoms with Gasteiger partial charge in [0.1, 0.15) is 0 Å². The zero-order valence-corrected chi connectivity index (χ0v) is 28.0. The highest BCUT2D eigenvalue weighted by molar-refractivity contribution is 4.81. The maximum atomic E-state index is 5.76. The molecule has 0 rings (SSSR count). The van der Waals surface area contributed by atoms with Gasteiger partial charge in [0, 0.05) is 13.2 Å². The van der Waals surface area contributed by atoms with Crippen LogP contribution in [0.15, 0.2) is 12.2 Å². The molecular weight excluding hydrogens is 488 g/mol. The van der Waals surface area contributed by atoms with Crippen molar-refractivity contribution in [2.75, 3.05) is 26.4 Å². The molecule has 2 nitrogen and oxygen atoms in total. The summed E-state index contributed by atoms with van der Waals surface area (Å²) >= 11 is 0. The summed E-state index contributed by atoms with van der Waals surface area (Å²) in [6.07, 6.45) is 46.5. The molecule has 0 saturated carbocycles. The molecule has 0 fully saturated rings. The van der Waals surface area contributed by atoms with Crippen molar-refractivity contribution in [3.63, 3.8) is 0 Å². The smallest absolute Gasteiger partial charge is 0.0700 e. The molecule has 0 amide bonds. The molecule has 0 N–H and O–H groups in total. The summed E-state index contributed by atoms with van der Waals surface area (Å²) in [6, 6.07) is 0. The predicted octanol–water partition coefficient (Wildman–Crippen LogP) is 13.3. The maximum Gasteiger partial charge on any atom is 0.0700 e. The number of unbranched alkanes of at least 4 members (excludes halogenated alkanes) is 27. The Morgan fingerprint density at radius 1 is 0.275 bits per heavy atom. The summed E-state index contributed by atoms with van der Waals surface area (Å²) in [5, 5.41) is 0. The molecule has 0 spiro atoms. The van der Waals surface area contributed by atoms with Gasteiger partial charge in [-0.15, -0.1) is 0 Å². The lowest BCUT2D eigenvalue weighted by molar-refractivity contribution is 0.0448. The second-order valence-corrected chi connectivity index (χ2v) is 12.5. The van der Waals surface area contributed by atoms with E-state index in [0.717, 1.165) is 26.4 Å². The van der Waals surface area contributed by atoms with Gasteiger partial charge in [0.05, 0.1) is 13.2 Å². The third-order valence-corrected chi connectivity index (χ3v) is 8.31. The van der Waals surface area contributed by atoms with E-state index in [1.54, 1.807) is 0 Å². The van der Waals surface area contributed by atoms with Crippen LogP contribution in [0.25, 0.3) is 0 Å². The van der Waals surface area contributed by atoms with Crippen molar-refractivity contribution < 1.29 is 9.47 Å². The van der Waals surface area contributed by atoms with Crippen LogP contribution in [0.2, 0.25) is 0 Å². The fourth-order valence-electron chi connectivity index (χ4n) is 5.53. The second-order valence-electron chi connectivity index (χ2n) is 12.5. The SMILES string of the molecule is CCCCCCCC/C=C\CCCCCCCCOCCOCCCCCCCCCCCCCCCCCC. The lowest BCUT2D eigenvalue weighted by atomic mass is 10.0. The van der Waals surface area contributed by atoms with Crippen LogP contribution in [-0.2, 0) is 9.47 Å². The molecule has 0 heterocycles. The van der Waals surface area contributed by atoms with E-state index in [4.69, 9.17) is 9.47 Å². The van der Waals surface area contributed by atoms with E-state index in [9.17, 15) is 0 Å². The summed E-state index contributed by atoms with van der Waals surface area (Å²) in [5.41, 5.74) is 0. The molecule has 0 atom stereocenters. The van der Waals surface area contributed by atoms with Crippen molar-refractivity contribution >= 4 is 0 Å². The van der Waals surface area contributed by atoms with Gasteiger partial charge in [-0.1, -0.05) is 180 Å². The van der Waals surface area contributed by atoms with Gasteiger partial charge >= 0.3 is 0 Å². The molecule has 0 aliphatic carbocycles. The topological polar surface area (TPSA) is 18.5 Å². The number of hydrogen-bond donors (Lipinski definition) is 0. The van der Waals surface area contributed by atoms with Crippen molar-refractivity contribution in [3.05, 3.63) is 12.2 Å². The van der Waals surface area contributed by atoms with Crippen LogP contribution in [-0.4, -0.2) is 26.4 Å². The molecule has 0 aromatic rings. The number of ether oxygens (including phenoxy) is 2. The van der Waals surface area contributed by atoms with Crippen LogP contribution in [0.3, 0.4) is 0 Å². The van der Waals surface area contributed by atoms with E-state index in [-0.39, 0.29) is 0 Å². The standard InChI is InChI=1S/C38H76O2/c1-3-5-7-9-11-13-15-17-19-21-23-25-27-29-31-33-35-39-37-38-40-36-34-32-30-28-26-24-22-20-18-16-14-12-10-8-6-4-2/h17,19H,3-16,18,20-38H2,1-2H3/b19-17-. The van der Waals surface area contributed by atoms with Gasteiger partial charge in [0.15, 0.2) is 0 Å². The Balaban J connectivity index is 3.05. The Hall–Kier alpha value is -0.340. The average Bonchev–Trinajstić information content (AvgIpc) is 2.97. The molecule has 0 saturated heterocycles. The van der Waals surface area contributed by atoms with Crippen LogP contribution in [0.5, 0.6) is 0 Å². The van der Waals surface area contributed by atoms with Crippen molar-refractivity contribution in [3.8, 4) is 0 Å². The molecule has 0 radical (unpaired) electrons. The van der Waals surface area contributed by atoms with Crippen LogP contribution >= 0.6 is 0 Å². The zero-order valence-electron chi connectivity index (χ0n) is 28.0. The quantitative estimate of drug-likeness (QED) is 0.0556. The molecule has 0 bridgehead atoms. The molecular formula is C38H76O2. The first-order valence-corrected chi connectivity index (χ1v) is 18.7. The lowest BCUT2D eigenvalue weighted by Gasteiger charge is -2.06. The van der Waals surface area contributed by atoms with Gasteiger partial charge in [-0.2, -0.15) is 0 Å². The largest absolute Gasteiger partial charge is 0.379 e. The average molecular weight is 565 g/mol. The molecule has 40 heavy (non-hydrogen) atoms.